The maximum Gasteiger partial charge on any atom is 0.248 e. The number of nitrogens with two attached hydrogens (primary N) is 1. The average molecular weight is 271 g/mol. The minimum Gasteiger partial charge on any atom is -0.337 e. The standard InChI is InChI=1S/C16H21N3O/c17-14(12-8-6-3-7-9-12)16-18-15(19-20-16)13-10-4-1-2-5-11-13/h3,6-9,13-14H,1-2,4-5,10-11,17H2/t14-/m1/s1. The van der Waals surface area contributed by atoms with Crippen LogP contribution in [0.1, 0.15) is 67.8 Å². The van der Waals surface area contributed by atoms with Crippen LogP contribution in [0.3, 0.4) is 0 Å². The van der Waals surface area contributed by atoms with Gasteiger partial charge in [-0.05, 0) is 18.4 Å². The minimum absolute atomic E-state index is 0.330. The molecule has 1 aromatic heterocycles. The second-order valence-electron chi connectivity index (χ2n) is 5.57. The summed E-state index contributed by atoms with van der Waals surface area (Å²) >= 11 is 0. The molecule has 1 aliphatic rings. The van der Waals surface area contributed by atoms with E-state index in [1.54, 1.807) is 0 Å². The molecular weight excluding hydrogens is 250 g/mol. The van der Waals surface area contributed by atoms with Gasteiger partial charge in [-0.2, -0.15) is 4.98 Å². The molecule has 0 radical (unpaired) electrons. The van der Waals surface area contributed by atoms with Gasteiger partial charge in [0.25, 0.3) is 0 Å². The molecule has 4 nitrogen and oxygen atoms in total. The number of hydrogen-bond donors (Lipinski definition) is 1. The van der Waals surface area contributed by atoms with Crippen molar-refractivity contribution in [3.05, 3.63) is 47.6 Å². The lowest BCUT2D eigenvalue weighted by atomic mass is 10.00. The van der Waals surface area contributed by atoms with Crippen LogP contribution in [0.15, 0.2) is 34.9 Å². The highest BCUT2D eigenvalue weighted by molar-refractivity contribution is 5.23. The molecule has 1 aromatic carbocycles. The van der Waals surface area contributed by atoms with Gasteiger partial charge in [0.15, 0.2) is 5.82 Å². The summed E-state index contributed by atoms with van der Waals surface area (Å²) in [5.74, 6) is 1.81. The topological polar surface area (TPSA) is 64.9 Å². The van der Waals surface area contributed by atoms with Crippen molar-refractivity contribution in [1.82, 2.24) is 10.1 Å². The first-order valence-corrected chi connectivity index (χ1v) is 7.48. The van der Waals surface area contributed by atoms with Gasteiger partial charge in [0, 0.05) is 5.92 Å². The number of benzene rings is 1. The molecule has 0 bridgehead atoms. The Morgan fingerprint density at radius 3 is 2.45 bits per heavy atom. The van der Waals surface area contributed by atoms with Crippen LogP contribution in [-0.2, 0) is 0 Å². The minimum atomic E-state index is -0.330. The van der Waals surface area contributed by atoms with E-state index in [0.717, 1.165) is 11.4 Å². The predicted molar refractivity (Wildman–Crippen MR) is 77.2 cm³/mol. The summed E-state index contributed by atoms with van der Waals surface area (Å²) in [6.45, 7) is 0. The largest absolute Gasteiger partial charge is 0.337 e. The van der Waals surface area contributed by atoms with Crippen LogP contribution in [0.2, 0.25) is 0 Å². The van der Waals surface area contributed by atoms with Gasteiger partial charge in [-0.1, -0.05) is 61.2 Å². The van der Waals surface area contributed by atoms with E-state index in [1.165, 1.54) is 38.5 Å². The molecule has 1 aliphatic carbocycles. The summed E-state index contributed by atoms with van der Waals surface area (Å²) in [5.41, 5.74) is 7.20. The third kappa shape index (κ3) is 2.90. The van der Waals surface area contributed by atoms with E-state index in [1.807, 2.05) is 30.3 Å². The first-order valence-electron chi connectivity index (χ1n) is 7.48. The maximum atomic E-state index is 6.19. The van der Waals surface area contributed by atoms with E-state index in [0.29, 0.717) is 11.8 Å². The Bertz CT molecular complexity index is 530. The third-order valence-corrected chi connectivity index (χ3v) is 4.10. The van der Waals surface area contributed by atoms with E-state index < -0.39 is 0 Å². The molecule has 0 amide bonds. The fourth-order valence-corrected chi connectivity index (χ4v) is 2.88. The van der Waals surface area contributed by atoms with Crippen molar-refractivity contribution in [3.8, 4) is 0 Å². The van der Waals surface area contributed by atoms with Crippen LogP contribution in [0.25, 0.3) is 0 Å². The smallest absolute Gasteiger partial charge is 0.248 e. The zero-order valence-corrected chi connectivity index (χ0v) is 11.7. The first-order chi connectivity index (χ1) is 9.84. The van der Waals surface area contributed by atoms with Crippen molar-refractivity contribution in [2.75, 3.05) is 0 Å². The molecule has 0 spiro atoms. The molecule has 1 saturated carbocycles. The Morgan fingerprint density at radius 1 is 1.05 bits per heavy atom. The summed E-state index contributed by atoms with van der Waals surface area (Å²) in [6, 6.07) is 9.56. The van der Waals surface area contributed by atoms with Crippen molar-refractivity contribution in [3.63, 3.8) is 0 Å². The molecule has 3 rings (SSSR count). The van der Waals surface area contributed by atoms with Crippen LogP contribution < -0.4 is 5.73 Å². The molecule has 2 aromatic rings. The summed E-state index contributed by atoms with van der Waals surface area (Å²) in [7, 11) is 0. The molecule has 0 saturated heterocycles. The third-order valence-electron chi connectivity index (χ3n) is 4.10. The highest BCUT2D eigenvalue weighted by Gasteiger charge is 2.22. The molecule has 4 heteroatoms. The predicted octanol–water partition coefficient (Wildman–Crippen LogP) is 3.56. The van der Waals surface area contributed by atoms with Crippen LogP contribution in [-0.4, -0.2) is 10.1 Å². The van der Waals surface area contributed by atoms with Gasteiger partial charge in [0.2, 0.25) is 5.89 Å². The second kappa shape index (κ2) is 6.18. The molecule has 0 aliphatic heterocycles. The normalized spacial score (nSPS) is 18.6. The van der Waals surface area contributed by atoms with Crippen LogP contribution >= 0.6 is 0 Å². The number of nitrogens with zero attached hydrogens (tertiary/aromatic N) is 2. The molecule has 20 heavy (non-hydrogen) atoms. The number of rotatable bonds is 3. The Kier molecular flexibility index (Phi) is 4.11. The monoisotopic (exact) mass is 271 g/mol. The first kappa shape index (κ1) is 13.3. The summed E-state index contributed by atoms with van der Waals surface area (Å²) in [6.07, 6.45) is 7.51. The van der Waals surface area contributed by atoms with Gasteiger partial charge < -0.3 is 10.3 Å². The SMILES string of the molecule is N[C@H](c1ccccc1)c1nc(C2CCCCCC2)no1. The lowest BCUT2D eigenvalue weighted by Crippen LogP contribution is -2.12. The van der Waals surface area contributed by atoms with E-state index >= 15 is 0 Å². The van der Waals surface area contributed by atoms with E-state index in [2.05, 4.69) is 10.1 Å². The van der Waals surface area contributed by atoms with Gasteiger partial charge in [-0.15, -0.1) is 0 Å². The zero-order chi connectivity index (χ0) is 13.8. The fourth-order valence-electron chi connectivity index (χ4n) is 2.88. The quantitative estimate of drug-likeness (QED) is 0.867. The van der Waals surface area contributed by atoms with Crippen molar-refractivity contribution in [1.29, 1.82) is 0 Å². The van der Waals surface area contributed by atoms with Gasteiger partial charge in [0.05, 0.1) is 0 Å². The molecule has 1 fully saturated rings. The maximum absolute atomic E-state index is 6.19. The highest BCUT2D eigenvalue weighted by atomic mass is 16.5. The molecule has 1 heterocycles. The lowest BCUT2D eigenvalue weighted by molar-refractivity contribution is 0.357. The molecule has 0 unspecified atom stereocenters. The summed E-state index contributed by atoms with van der Waals surface area (Å²) < 4.78 is 5.39. The van der Waals surface area contributed by atoms with Crippen molar-refractivity contribution < 1.29 is 4.52 Å². The van der Waals surface area contributed by atoms with Crippen LogP contribution in [0.4, 0.5) is 0 Å². The fraction of sp³-hybridized carbons (Fsp3) is 0.500. The Labute approximate surface area is 119 Å². The van der Waals surface area contributed by atoms with Crippen molar-refractivity contribution in [2.24, 2.45) is 5.73 Å². The molecule has 1 atom stereocenters. The molecule has 2 N–H and O–H groups in total. The van der Waals surface area contributed by atoms with Crippen molar-refractivity contribution in [2.45, 2.75) is 50.5 Å². The molecular formula is C16H21N3O. The Hall–Kier alpha value is -1.68. The van der Waals surface area contributed by atoms with Crippen LogP contribution in [0, 0.1) is 0 Å². The summed E-state index contributed by atoms with van der Waals surface area (Å²) in [5, 5.41) is 4.16. The second-order valence-corrected chi connectivity index (χ2v) is 5.57. The van der Waals surface area contributed by atoms with Gasteiger partial charge in [-0.3, -0.25) is 0 Å². The van der Waals surface area contributed by atoms with E-state index in [-0.39, 0.29) is 6.04 Å². The zero-order valence-electron chi connectivity index (χ0n) is 11.7. The van der Waals surface area contributed by atoms with Gasteiger partial charge >= 0.3 is 0 Å². The van der Waals surface area contributed by atoms with Gasteiger partial charge in [0.1, 0.15) is 6.04 Å². The van der Waals surface area contributed by atoms with Crippen molar-refractivity contribution >= 4 is 0 Å². The number of hydrogen-bond acceptors (Lipinski definition) is 4. The van der Waals surface area contributed by atoms with E-state index in [9.17, 15) is 0 Å². The van der Waals surface area contributed by atoms with Gasteiger partial charge in [-0.25, -0.2) is 0 Å². The summed E-state index contributed by atoms with van der Waals surface area (Å²) in [4.78, 5) is 4.55. The lowest BCUT2D eigenvalue weighted by Gasteiger charge is -2.08. The molecule has 106 valence electrons. The van der Waals surface area contributed by atoms with E-state index in [4.69, 9.17) is 10.3 Å². The van der Waals surface area contributed by atoms with Crippen LogP contribution in [0.5, 0.6) is 0 Å². The highest BCUT2D eigenvalue weighted by Crippen LogP contribution is 2.30. The Morgan fingerprint density at radius 2 is 1.75 bits per heavy atom. The average Bonchev–Trinajstić information content (AvgIpc) is 2.83. The Balaban J connectivity index is 1.76. The number of aromatic nitrogens is 2.